The summed E-state index contributed by atoms with van der Waals surface area (Å²) in [5, 5.41) is 7.38. The lowest BCUT2D eigenvalue weighted by Gasteiger charge is -2.36. The Morgan fingerprint density at radius 3 is 2.38 bits per heavy atom. The minimum absolute atomic E-state index is 0.114. The zero-order valence-corrected chi connectivity index (χ0v) is 25.3. The van der Waals surface area contributed by atoms with Crippen LogP contribution < -0.4 is 15.4 Å². The number of sulfone groups is 1. The van der Waals surface area contributed by atoms with Gasteiger partial charge in [-0.2, -0.15) is 13.2 Å². The summed E-state index contributed by atoms with van der Waals surface area (Å²) < 4.78 is 71.0. The molecule has 1 saturated carbocycles. The molecule has 0 bridgehead atoms. The van der Waals surface area contributed by atoms with Crippen LogP contribution in [0.3, 0.4) is 0 Å². The number of hydrogen-bond acceptors (Lipinski definition) is 6. The molecule has 4 rings (SSSR count). The standard InChI is InChI=1S/C31H39F3N4O3S/c1-5-37(6-2)23-14-12-22(13-15-23)36-27-10-7-11-29-26(27)19-24(38(29)21-31(32,33)34)9-8-18-35-28-17-16-25(42(4,39)40)20-30(28)41-3/h7,10-11,16-17,19-20,22-23,35-36H,5-6,12-15,18,21H2,1-4H3/t22-,23+. The van der Waals surface area contributed by atoms with Crippen LogP contribution in [0.5, 0.6) is 5.75 Å². The fourth-order valence-corrected chi connectivity index (χ4v) is 6.37. The van der Waals surface area contributed by atoms with Gasteiger partial charge in [-0.05, 0) is 75.0 Å². The number of halogens is 3. The van der Waals surface area contributed by atoms with Crippen molar-refractivity contribution in [3.05, 3.63) is 48.2 Å². The van der Waals surface area contributed by atoms with Crippen LogP contribution in [0.15, 0.2) is 47.4 Å². The van der Waals surface area contributed by atoms with E-state index >= 15 is 0 Å². The van der Waals surface area contributed by atoms with Crippen LogP contribution in [0.2, 0.25) is 0 Å². The van der Waals surface area contributed by atoms with E-state index in [0.717, 1.165) is 50.7 Å². The molecule has 0 atom stereocenters. The highest BCUT2D eigenvalue weighted by atomic mass is 32.2. The molecule has 42 heavy (non-hydrogen) atoms. The van der Waals surface area contributed by atoms with Gasteiger partial charge < -0.3 is 24.8 Å². The van der Waals surface area contributed by atoms with Gasteiger partial charge >= 0.3 is 6.18 Å². The highest BCUT2D eigenvalue weighted by Crippen LogP contribution is 2.33. The van der Waals surface area contributed by atoms with Gasteiger partial charge in [0.15, 0.2) is 9.84 Å². The molecule has 2 aromatic carbocycles. The van der Waals surface area contributed by atoms with Gasteiger partial charge in [-0.3, -0.25) is 0 Å². The van der Waals surface area contributed by atoms with Gasteiger partial charge in [-0.1, -0.05) is 25.8 Å². The van der Waals surface area contributed by atoms with E-state index < -0.39 is 22.6 Å². The first kappa shape index (κ1) is 31.6. The van der Waals surface area contributed by atoms with Crippen molar-refractivity contribution >= 4 is 32.1 Å². The van der Waals surface area contributed by atoms with Gasteiger partial charge in [0.05, 0.1) is 35.4 Å². The summed E-state index contributed by atoms with van der Waals surface area (Å²) in [4.78, 5) is 2.61. The Kier molecular flexibility index (Phi) is 10.00. The Balaban J connectivity index is 1.55. The van der Waals surface area contributed by atoms with Crippen LogP contribution >= 0.6 is 0 Å². The van der Waals surface area contributed by atoms with E-state index in [0.29, 0.717) is 28.4 Å². The second kappa shape index (κ2) is 13.3. The normalized spacial score (nSPS) is 17.6. The molecule has 0 spiro atoms. The third-order valence-corrected chi connectivity index (χ3v) is 8.96. The highest BCUT2D eigenvalue weighted by Gasteiger charge is 2.30. The van der Waals surface area contributed by atoms with E-state index in [1.54, 1.807) is 24.3 Å². The molecule has 1 fully saturated rings. The number of rotatable bonds is 10. The molecule has 7 nitrogen and oxygen atoms in total. The van der Waals surface area contributed by atoms with E-state index in [1.807, 2.05) is 6.07 Å². The monoisotopic (exact) mass is 604 g/mol. The predicted molar refractivity (Wildman–Crippen MR) is 162 cm³/mol. The SMILES string of the molecule is CCN(CC)[C@H]1CC[C@@H](Nc2cccc3c2cc(C#CCNc2ccc(S(C)(=O)=O)cc2OC)n3CC(F)(F)F)CC1. The number of benzene rings is 2. The van der Waals surface area contributed by atoms with Gasteiger partial charge in [0.1, 0.15) is 12.3 Å². The molecular formula is C31H39F3N4O3S. The Hall–Kier alpha value is -3.36. The molecule has 0 unspecified atom stereocenters. The van der Waals surface area contributed by atoms with Crippen molar-refractivity contribution < 1.29 is 26.3 Å². The van der Waals surface area contributed by atoms with Crippen LogP contribution in [0.4, 0.5) is 24.5 Å². The van der Waals surface area contributed by atoms with Crippen molar-refractivity contribution in [2.75, 3.05) is 43.6 Å². The number of ether oxygens (including phenoxy) is 1. The molecule has 0 amide bonds. The molecule has 0 radical (unpaired) electrons. The van der Waals surface area contributed by atoms with E-state index in [1.165, 1.54) is 23.8 Å². The van der Waals surface area contributed by atoms with Crippen molar-refractivity contribution in [2.45, 2.75) is 69.2 Å². The molecular weight excluding hydrogens is 565 g/mol. The number of nitrogens with one attached hydrogen (secondary N) is 2. The van der Waals surface area contributed by atoms with Gasteiger partial charge in [0.25, 0.3) is 0 Å². The molecule has 0 aliphatic heterocycles. The van der Waals surface area contributed by atoms with Gasteiger partial charge in [-0.15, -0.1) is 0 Å². The zero-order valence-electron chi connectivity index (χ0n) is 24.5. The second-order valence-corrected chi connectivity index (χ2v) is 12.6. The van der Waals surface area contributed by atoms with Crippen LogP contribution in [-0.4, -0.2) is 69.1 Å². The molecule has 1 aromatic heterocycles. The number of methoxy groups -OCH3 is 1. The third kappa shape index (κ3) is 7.72. The average molecular weight is 605 g/mol. The molecule has 11 heteroatoms. The Morgan fingerprint density at radius 1 is 1.05 bits per heavy atom. The van der Waals surface area contributed by atoms with Crippen LogP contribution in [-0.2, 0) is 16.4 Å². The lowest BCUT2D eigenvalue weighted by molar-refractivity contribution is -0.140. The average Bonchev–Trinajstić information content (AvgIpc) is 3.28. The summed E-state index contributed by atoms with van der Waals surface area (Å²) in [6, 6.07) is 12.4. The first-order valence-electron chi connectivity index (χ1n) is 14.2. The summed E-state index contributed by atoms with van der Waals surface area (Å²) in [7, 11) is -1.98. The molecule has 1 aliphatic rings. The molecule has 2 N–H and O–H groups in total. The van der Waals surface area contributed by atoms with Crippen molar-refractivity contribution in [3.8, 4) is 17.6 Å². The fraction of sp³-hybridized carbons (Fsp3) is 0.484. The summed E-state index contributed by atoms with van der Waals surface area (Å²) in [6.07, 6.45) is 0.897. The Morgan fingerprint density at radius 2 is 1.76 bits per heavy atom. The molecule has 3 aromatic rings. The molecule has 1 aliphatic carbocycles. The van der Waals surface area contributed by atoms with Gasteiger partial charge in [0, 0.05) is 35.5 Å². The van der Waals surface area contributed by atoms with E-state index in [-0.39, 0.29) is 23.2 Å². The van der Waals surface area contributed by atoms with Crippen LogP contribution in [0, 0.1) is 11.8 Å². The van der Waals surface area contributed by atoms with Gasteiger partial charge in [-0.25, -0.2) is 8.42 Å². The summed E-state index contributed by atoms with van der Waals surface area (Å²) >= 11 is 0. The Bertz CT molecular complexity index is 1550. The largest absolute Gasteiger partial charge is 0.495 e. The molecule has 228 valence electrons. The summed E-state index contributed by atoms with van der Waals surface area (Å²) in [6.45, 7) is 5.41. The lowest BCUT2D eigenvalue weighted by atomic mass is 9.90. The van der Waals surface area contributed by atoms with Crippen LogP contribution in [0.25, 0.3) is 10.9 Å². The number of anilines is 2. The topological polar surface area (TPSA) is 75.6 Å². The maximum absolute atomic E-state index is 13.6. The predicted octanol–water partition coefficient (Wildman–Crippen LogP) is 6.14. The maximum Gasteiger partial charge on any atom is 0.406 e. The number of nitrogens with zero attached hydrogens (tertiary/aromatic N) is 2. The number of hydrogen-bond donors (Lipinski definition) is 2. The smallest absolute Gasteiger partial charge is 0.406 e. The third-order valence-electron chi connectivity index (χ3n) is 7.85. The minimum Gasteiger partial charge on any atom is -0.495 e. The fourth-order valence-electron chi connectivity index (χ4n) is 5.73. The first-order chi connectivity index (χ1) is 19.9. The Labute approximate surface area is 246 Å². The quantitative estimate of drug-likeness (QED) is 0.271. The van der Waals surface area contributed by atoms with Crippen molar-refractivity contribution in [3.63, 3.8) is 0 Å². The minimum atomic E-state index is -4.42. The number of alkyl halides is 3. The van der Waals surface area contributed by atoms with Gasteiger partial charge in [0.2, 0.25) is 0 Å². The van der Waals surface area contributed by atoms with E-state index in [9.17, 15) is 21.6 Å². The lowest BCUT2D eigenvalue weighted by Crippen LogP contribution is -2.40. The van der Waals surface area contributed by atoms with Crippen LogP contribution in [0.1, 0.15) is 45.2 Å². The van der Waals surface area contributed by atoms with E-state index in [4.69, 9.17) is 4.74 Å². The number of aromatic nitrogens is 1. The molecule has 0 saturated heterocycles. The first-order valence-corrected chi connectivity index (χ1v) is 16.1. The number of fused-ring (bicyclic) bond motifs is 1. The van der Waals surface area contributed by atoms with E-state index in [2.05, 4.69) is 41.2 Å². The molecule has 1 heterocycles. The maximum atomic E-state index is 13.6. The highest BCUT2D eigenvalue weighted by molar-refractivity contribution is 7.90. The summed E-state index contributed by atoms with van der Waals surface area (Å²) in [5.41, 5.74) is 2.08. The van der Waals surface area contributed by atoms with Crippen molar-refractivity contribution in [1.29, 1.82) is 0 Å². The second-order valence-electron chi connectivity index (χ2n) is 10.6. The van der Waals surface area contributed by atoms with Crippen molar-refractivity contribution in [1.82, 2.24) is 9.47 Å². The summed E-state index contributed by atoms with van der Waals surface area (Å²) in [5.74, 6) is 6.15. The zero-order chi connectivity index (χ0) is 30.5. The van der Waals surface area contributed by atoms with Crippen molar-refractivity contribution in [2.24, 2.45) is 0 Å².